The van der Waals surface area contributed by atoms with E-state index in [1.54, 1.807) is 0 Å². The van der Waals surface area contributed by atoms with E-state index in [0.717, 1.165) is 5.92 Å². The number of hydrogen-bond donors (Lipinski definition) is 0. The second-order valence-corrected chi connectivity index (χ2v) is 3.65. The Morgan fingerprint density at radius 3 is 2.62 bits per heavy atom. The molecule has 0 heterocycles. The zero-order valence-corrected chi connectivity index (χ0v) is 8.01. The molecule has 0 heteroatoms. The van der Waals surface area contributed by atoms with E-state index in [2.05, 4.69) is 32.2 Å². The fourth-order valence-corrected chi connectivity index (χ4v) is 2.09. The van der Waals surface area contributed by atoms with Crippen molar-refractivity contribution in [3.63, 3.8) is 0 Å². The summed E-state index contributed by atoms with van der Waals surface area (Å²) in [5.74, 6) is 0.729. The summed E-state index contributed by atoms with van der Waals surface area (Å²) in [6.07, 6.45) is 5.04. The second kappa shape index (κ2) is 2.88. The molecule has 0 radical (unpaired) electrons. The van der Waals surface area contributed by atoms with Crippen LogP contribution >= 0.6 is 0 Å². The monoisotopic (exact) mass is 170 g/mol. The van der Waals surface area contributed by atoms with E-state index in [0.29, 0.717) is 0 Å². The molecule has 1 aliphatic carbocycles. The maximum Gasteiger partial charge on any atom is -0.0147 e. The molecular formula is C13H14. The molecule has 0 aliphatic heterocycles. The third kappa shape index (κ3) is 1.06. The topological polar surface area (TPSA) is 0 Å². The predicted octanol–water partition coefficient (Wildman–Crippen LogP) is 3.63. The van der Waals surface area contributed by atoms with Crippen molar-refractivity contribution >= 4 is 12.2 Å². The third-order valence-corrected chi connectivity index (χ3v) is 2.89. The van der Waals surface area contributed by atoms with Crippen LogP contribution < -0.4 is 0 Å². The minimum absolute atomic E-state index is 0.729. The van der Waals surface area contributed by atoms with Crippen LogP contribution in [0.5, 0.6) is 0 Å². The fraction of sp³-hybridized carbons (Fsp3) is 0.231. The van der Waals surface area contributed by atoms with Gasteiger partial charge in [0.1, 0.15) is 0 Å². The average molecular weight is 170 g/mol. The van der Waals surface area contributed by atoms with Crippen LogP contribution in [0, 0.1) is 0 Å². The van der Waals surface area contributed by atoms with E-state index < -0.39 is 0 Å². The van der Waals surface area contributed by atoms with Gasteiger partial charge >= 0.3 is 0 Å². The molecule has 0 saturated heterocycles. The molecule has 0 saturated carbocycles. The van der Waals surface area contributed by atoms with Crippen molar-refractivity contribution in [1.82, 2.24) is 0 Å². The lowest BCUT2D eigenvalue weighted by atomic mass is 9.75. The lowest BCUT2D eigenvalue weighted by molar-refractivity contribution is 0.665. The van der Waals surface area contributed by atoms with Gasteiger partial charge in [-0.1, -0.05) is 44.4 Å². The van der Waals surface area contributed by atoms with Crippen LogP contribution in [0.2, 0.25) is 0 Å². The largest absolute Gasteiger partial charge is 0.0984 e. The van der Waals surface area contributed by atoms with Gasteiger partial charge in [-0.15, -0.1) is 0 Å². The molecular weight excluding hydrogens is 156 g/mol. The van der Waals surface area contributed by atoms with Crippen LogP contribution in [0.25, 0.3) is 12.2 Å². The first-order chi connectivity index (χ1) is 6.27. The summed E-state index contributed by atoms with van der Waals surface area (Å²) in [5, 5.41) is 0. The minimum atomic E-state index is 0.729. The Morgan fingerprint density at radius 2 is 2.08 bits per heavy atom. The Labute approximate surface area is 79.6 Å². The van der Waals surface area contributed by atoms with Crippen LogP contribution in [0.1, 0.15) is 35.1 Å². The molecule has 0 nitrogen and oxygen atoms in total. The molecule has 1 aliphatic rings. The van der Waals surface area contributed by atoms with Crippen molar-refractivity contribution in [2.45, 2.75) is 19.3 Å². The highest BCUT2D eigenvalue weighted by Crippen LogP contribution is 2.38. The fourth-order valence-electron chi connectivity index (χ4n) is 2.09. The molecule has 0 fully saturated rings. The van der Waals surface area contributed by atoms with Gasteiger partial charge in [-0.05, 0) is 34.6 Å². The van der Waals surface area contributed by atoms with Crippen molar-refractivity contribution in [3.8, 4) is 0 Å². The lowest BCUT2D eigenvalue weighted by Crippen LogP contribution is -2.16. The third-order valence-electron chi connectivity index (χ3n) is 2.89. The first-order valence-corrected chi connectivity index (χ1v) is 4.68. The Bertz CT molecular complexity index is 372. The van der Waals surface area contributed by atoms with Gasteiger partial charge in [0.15, 0.2) is 0 Å². The molecule has 1 unspecified atom stereocenters. The van der Waals surface area contributed by atoms with Crippen LogP contribution in [-0.4, -0.2) is 0 Å². The van der Waals surface area contributed by atoms with E-state index in [1.165, 1.54) is 28.7 Å². The zero-order chi connectivity index (χ0) is 9.42. The van der Waals surface area contributed by atoms with Gasteiger partial charge in [-0.2, -0.15) is 0 Å². The van der Waals surface area contributed by atoms with E-state index in [-0.39, 0.29) is 0 Å². The Morgan fingerprint density at radius 1 is 1.31 bits per heavy atom. The maximum atomic E-state index is 3.85. The molecule has 0 spiro atoms. The molecule has 1 atom stereocenters. The van der Waals surface area contributed by atoms with Gasteiger partial charge in [0.2, 0.25) is 0 Å². The van der Waals surface area contributed by atoms with E-state index >= 15 is 0 Å². The first-order valence-electron chi connectivity index (χ1n) is 4.68. The Hall–Kier alpha value is -1.30. The van der Waals surface area contributed by atoms with E-state index in [4.69, 9.17) is 0 Å². The van der Waals surface area contributed by atoms with Gasteiger partial charge in [-0.25, -0.2) is 0 Å². The van der Waals surface area contributed by atoms with Gasteiger partial charge in [0, 0.05) is 0 Å². The molecule has 13 heavy (non-hydrogen) atoms. The molecule has 1 aromatic rings. The van der Waals surface area contributed by atoms with Crippen LogP contribution in [0.3, 0.4) is 0 Å². The zero-order valence-electron chi connectivity index (χ0n) is 8.01. The predicted molar refractivity (Wildman–Crippen MR) is 58.7 cm³/mol. The van der Waals surface area contributed by atoms with Crippen LogP contribution in [0.15, 0.2) is 25.3 Å². The van der Waals surface area contributed by atoms with Crippen molar-refractivity contribution < 1.29 is 0 Å². The number of benzene rings is 1. The lowest BCUT2D eigenvalue weighted by Gasteiger charge is -2.29. The molecule has 66 valence electrons. The van der Waals surface area contributed by atoms with Gasteiger partial charge in [0.05, 0.1) is 0 Å². The van der Waals surface area contributed by atoms with Crippen LogP contribution in [0.4, 0.5) is 0 Å². The minimum Gasteiger partial charge on any atom is -0.0984 e. The van der Waals surface area contributed by atoms with Crippen molar-refractivity contribution in [2.75, 3.05) is 0 Å². The summed E-state index contributed by atoms with van der Waals surface area (Å²) >= 11 is 0. The van der Waals surface area contributed by atoms with Crippen LogP contribution in [-0.2, 0) is 6.42 Å². The summed E-state index contributed by atoms with van der Waals surface area (Å²) in [5.41, 5.74) is 5.45. The highest BCUT2D eigenvalue weighted by Gasteiger charge is 2.24. The normalized spacial score (nSPS) is 18.7. The van der Waals surface area contributed by atoms with Gasteiger partial charge in [-0.3, -0.25) is 0 Å². The highest BCUT2D eigenvalue weighted by atomic mass is 14.3. The summed E-state index contributed by atoms with van der Waals surface area (Å²) in [4.78, 5) is 0. The van der Waals surface area contributed by atoms with Gasteiger partial charge in [0.25, 0.3) is 0 Å². The SMILES string of the molecule is C=Cc1ccc2c(c1C=C)CC2C. The molecule has 0 aromatic heterocycles. The van der Waals surface area contributed by atoms with E-state index in [1.807, 2.05) is 12.2 Å². The average Bonchev–Trinajstić information content (AvgIpc) is 2.15. The molecule has 1 aromatic carbocycles. The summed E-state index contributed by atoms with van der Waals surface area (Å²) in [6.45, 7) is 9.92. The quantitative estimate of drug-likeness (QED) is 0.635. The van der Waals surface area contributed by atoms with Crippen molar-refractivity contribution in [1.29, 1.82) is 0 Å². The summed E-state index contributed by atoms with van der Waals surface area (Å²) in [6, 6.07) is 4.35. The molecule has 2 rings (SSSR count). The Kier molecular flexibility index (Phi) is 1.84. The molecule has 0 N–H and O–H groups in total. The maximum absolute atomic E-state index is 3.85. The number of rotatable bonds is 2. The Balaban J connectivity index is 2.62. The summed E-state index contributed by atoms with van der Waals surface area (Å²) in [7, 11) is 0. The van der Waals surface area contributed by atoms with Crippen molar-refractivity contribution in [2.24, 2.45) is 0 Å². The smallest absolute Gasteiger partial charge is 0.0147 e. The highest BCUT2D eigenvalue weighted by molar-refractivity contribution is 5.70. The van der Waals surface area contributed by atoms with Gasteiger partial charge < -0.3 is 0 Å². The number of hydrogen-bond acceptors (Lipinski definition) is 0. The van der Waals surface area contributed by atoms with E-state index in [9.17, 15) is 0 Å². The standard InChI is InChI=1S/C13H14/c1-4-10-6-7-12-9(3)8-13(12)11(10)5-2/h4-7,9H,1-2,8H2,3H3. The van der Waals surface area contributed by atoms with Crippen molar-refractivity contribution in [3.05, 3.63) is 47.5 Å². The molecule has 0 amide bonds. The number of fused-ring (bicyclic) bond motifs is 1. The summed E-state index contributed by atoms with van der Waals surface area (Å²) < 4.78 is 0. The first kappa shape index (κ1) is 8.31. The molecule has 0 bridgehead atoms. The second-order valence-electron chi connectivity index (χ2n) is 3.65.